The number of para-hydroxylation sites is 1. The monoisotopic (exact) mass is 327 g/mol. The molecule has 24 heavy (non-hydrogen) atoms. The molecule has 6 nitrogen and oxygen atoms in total. The fourth-order valence-electron chi connectivity index (χ4n) is 3.93. The highest BCUT2D eigenvalue weighted by Gasteiger charge is 2.53. The van der Waals surface area contributed by atoms with Crippen molar-refractivity contribution in [2.45, 2.75) is 25.9 Å². The number of aromatic amines is 1. The number of piperidine rings is 1. The first kappa shape index (κ1) is 15.2. The average Bonchev–Trinajstić information content (AvgIpc) is 2.92. The maximum Gasteiger partial charge on any atom is 0.230 e. The number of likely N-dealkylation sites (tertiary alicyclic amines) is 1. The fourth-order valence-corrected chi connectivity index (χ4v) is 3.93. The number of fused-ring (bicyclic) bond motifs is 1. The van der Waals surface area contributed by atoms with Gasteiger partial charge >= 0.3 is 0 Å². The molecular formula is C18H21N3O3. The fraction of sp³-hybridized carbons (Fsp3) is 0.444. The Labute approximate surface area is 139 Å². The van der Waals surface area contributed by atoms with E-state index in [1.165, 1.54) is 0 Å². The van der Waals surface area contributed by atoms with Crippen LogP contribution in [0.25, 0.3) is 10.9 Å². The van der Waals surface area contributed by atoms with Crippen molar-refractivity contribution in [3.63, 3.8) is 0 Å². The second-order valence-electron chi connectivity index (χ2n) is 7.09. The molecule has 0 saturated carbocycles. The molecule has 1 atom stereocenters. The van der Waals surface area contributed by atoms with Gasteiger partial charge in [0.2, 0.25) is 11.8 Å². The maximum atomic E-state index is 12.6. The van der Waals surface area contributed by atoms with Gasteiger partial charge in [-0.1, -0.05) is 18.2 Å². The highest BCUT2D eigenvalue weighted by molar-refractivity contribution is 5.92. The van der Waals surface area contributed by atoms with Gasteiger partial charge in [0.25, 0.3) is 0 Å². The molecule has 3 heterocycles. The Kier molecular flexibility index (Phi) is 3.38. The van der Waals surface area contributed by atoms with Gasteiger partial charge in [-0.05, 0) is 24.5 Å². The van der Waals surface area contributed by atoms with Gasteiger partial charge in [0.05, 0.1) is 17.9 Å². The molecular weight excluding hydrogens is 306 g/mol. The molecule has 0 aliphatic carbocycles. The molecule has 1 spiro atoms. The van der Waals surface area contributed by atoms with Crippen LogP contribution < -0.4 is 5.32 Å². The van der Waals surface area contributed by atoms with E-state index in [4.69, 9.17) is 0 Å². The molecule has 126 valence electrons. The zero-order valence-electron chi connectivity index (χ0n) is 13.6. The van der Waals surface area contributed by atoms with Crippen LogP contribution in [-0.4, -0.2) is 52.5 Å². The van der Waals surface area contributed by atoms with Gasteiger partial charge in [0.1, 0.15) is 0 Å². The topological polar surface area (TPSA) is 85.4 Å². The second kappa shape index (κ2) is 5.34. The normalized spacial score (nSPS) is 22.5. The summed E-state index contributed by atoms with van der Waals surface area (Å²) in [5.41, 5.74) is 2.61. The van der Waals surface area contributed by atoms with E-state index >= 15 is 0 Å². The first-order valence-electron chi connectivity index (χ1n) is 8.28. The van der Waals surface area contributed by atoms with E-state index in [0.29, 0.717) is 32.5 Å². The number of aliphatic hydroxyl groups is 1. The quantitative estimate of drug-likeness (QED) is 0.760. The van der Waals surface area contributed by atoms with E-state index in [1.54, 1.807) is 4.90 Å². The minimum absolute atomic E-state index is 0.0240. The number of rotatable bonds is 2. The van der Waals surface area contributed by atoms with Crippen LogP contribution in [0.4, 0.5) is 0 Å². The van der Waals surface area contributed by atoms with Crippen molar-refractivity contribution in [2.75, 3.05) is 19.6 Å². The van der Waals surface area contributed by atoms with E-state index in [0.717, 1.165) is 22.0 Å². The van der Waals surface area contributed by atoms with E-state index in [2.05, 4.69) is 10.3 Å². The van der Waals surface area contributed by atoms with Gasteiger partial charge < -0.3 is 20.3 Å². The summed E-state index contributed by atoms with van der Waals surface area (Å²) in [6, 6.07) is 6.05. The number of nitrogens with zero attached hydrogens (tertiary/aromatic N) is 1. The Hall–Kier alpha value is -2.34. The standard InChI is InChI=1S/C18H21N3O3/c1-11-3-2-4-14-12(7-19-16(11)14)5-15(23)21-9-18(10-21)6-13(22)8-20-17(18)24/h2-4,7,13,19,22H,5-6,8-10H2,1H3,(H,20,24). The van der Waals surface area contributed by atoms with Crippen molar-refractivity contribution in [2.24, 2.45) is 5.41 Å². The van der Waals surface area contributed by atoms with Crippen molar-refractivity contribution in [1.82, 2.24) is 15.2 Å². The van der Waals surface area contributed by atoms with Gasteiger partial charge in [-0.25, -0.2) is 0 Å². The van der Waals surface area contributed by atoms with Crippen LogP contribution in [0, 0.1) is 12.3 Å². The average molecular weight is 327 g/mol. The third kappa shape index (κ3) is 2.29. The molecule has 2 aliphatic rings. The summed E-state index contributed by atoms with van der Waals surface area (Å²) in [6.45, 7) is 3.14. The minimum Gasteiger partial charge on any atom is -0.391 e. The number of H-pyrrole nitrogens is 1. The van der Waals surface area contributed by atoms with Crippen LogP contribution in [0.2, 0.25) is 0 Å². The largest absolute Gasteiger partial charge is 0.391 e. The number of nitrogens with one attached hydrogen (secondary N) is 2. The summed E-state index contributed by atoms with van der Waals surface area (Å²) >= 11 is 0. The molecule has 3 N–H and O–H groups in total. The van der Waals surface area contributed by atoms with Crippen LogP contribution in [-0.2, 0) is 16.0 Å². The first-order chi connectivity index (χ1) is 11.5. The first-order valence-corrected chi connectivity index (χ1v) is 8.28. The molecule has 2 amide bonds. The number of hydrogen-bond donors (Lipinski definition) is 3. The van der Waals surface area contributed by atoms with Crippen molar-refractivity contribution in [1.29, 1.82) is 0 Å². The van der Waals surface area contributed by atoms with Crippen LogP contribution in [0.1, 0.15) is 17.5 Å². The van der Waals surface area contributed by atoms with Gasteiger partial charge in [0, 0.05) is 36.7 Å². The summed E-state index contributed by atoms with van der Waals surface area (Å²) in [5, 5.41) is 13.6. The molecule has 0 radical (unpaired) electrons. The maximum absolute atomic E-state index is 12.6. The van der Waals surface area contributed by atoms with Crippen LogP contribution in [0.5, 0.6) is 0 Å². The number of β-amino-alcohol motifs (C(OH)–C–C–N with tert-alkyl or cyclic N) is 1. The molecule has 2 aliphatic heterocycles. The van der Waals surface area contributed by atoms with Crippen LogP contribution in [0.15, 0.2) is 24.4 Å². The molecule has 0 bridgehead atoms. The van der Waals surface area contributed by atoms with E-state index in [-0.39, 0.29) is 11.8 Å². The van der Waals surface area contributed by atoms with Crippen LogP contribution >= 0.6 is 0 Å². The zero-order valence-corrected chi connectivity index (χ0v) is 13.6. The predicted octanol–water partition coefficient (Wildman–Crippen LogP) is 0.728. The lowest BCUT2D eigenvalue weighted by atomic mass is 9.72. The van der Waals surface area contributed by atoms with E-state index < -0.39 is 11.5 Å². The van der Waals surface area contributed by atoms with Gasteiger partial charge in [0.15, 0.2) is 0 Å². The molecule has 1 aromatic heterocycles. The number of hydrogen-bond acceptors (Lipinski definition) is 3. The SMILES string of the molecule is Cc1cccc2c(CC(=O)N3CC4(CC(O)CNC4=O)C3)c[nH]c12. The van der Waals surface area contributed by atoms with Gasteiger partial charge in [-0.2, -0.15) is 0 Å². The Bertz CT molecular complexity index is 820. The Balaban J connectivity index is 1.46. The van der Waals surface area contributed by atoms with Crippen LogP contribution in [0.3, 0.4) is 0 Å². The number of carbonyl (C=O) groups excluding carboxylic acids is 2. The van der Waals surface area contributed by atoms with E-state index in [9.17, 15) is 14.7 Å². The minimum atomic E-state index is -0.593. The third-order valence-electron chi connectivity index (χ3n) is 5.30. The predicted molar refractivity (Wildman–Crippen MR) is 89.4 cm³/mol. The highest BCUT2D eigenvalue weighted by atomic mass is 16.3. The third-order valence-corrected chi connectivity index (χ3v) is 5.30. The molecule has 6 heteroatoms. The number of amides is 2. The summed E-state index contributed by atoms with van der Waals surface area (Å²) in [6.07, 6.45) is 2.14. The number of aryl methyl sites for hydroxylation is 1. The lowest BCUT2D eigenvalue weighted by molar-refractivity contribution is -0.160. The summed E-state index contributed by atoms with van der Waals surface area (Å²) in [7, 11) is 0. The number of aromatic nitrogens is 1. The molecule has 1 unspecified atom stereocenters. The van der Waals surface area contributed by atoms with Crippen molar-refractivity contribution >= 4 is 22.7 Å². The second-order valence-corrected chi connectivity index (χ2v) is 7.09. The summed E-state index contributed by atoms with van der Waals surface area (Å²) < 4.78 is 0. The smallest absolute Gasteiger partial charge is 0.230 e. The zero-order chi connectivity index (χ0) is 16.9. The van der Waals surface area contributed by atoms with Crippen molar-refractivity contribution in [3.05, 3.63) is 35.5 Å². The molecule has 2 fully saturated rings. The Morgan fingerprint density at radius 1 is 1.42 bits per heavy atom. The number of aliphatic hydroxyl groups excluding tert-OH is 1. The number of benzene rings is 1. The van der Waals surface area contributed by atoms with Gasteiger partial charge in [-0.15, -0.1) is 0 Å². The van der Waals surface area contributed by atoms with Crippen molar-refractivity contribution in [3.8, 4) is 0 Å². The molecule has 1 aromatic carbocycles. The lowest BCUT2D eigenvalue weighted by Crippen LogP contribution is -2.68. The highest BCUT2D eigenvalue weighted by Crippen LogP contribution is 2.38. The van der Waals surface area contributed by atoms with E-state index in [1.807, 2.05) is 31.3 Å². The Morgan fingerprint density at radius 2 is 2.21 bits per heavy atom. The summed E-state index contributed by atoms with van der Waals surface area (Å²) in [4.78, 5) is 29.6. The Morgan fingerprint density at radius 3 is 3.00 bits per heavy atom. The number of carbonyl (C=O) groups is 2. The molecule has 2 saturated heterocycles. The lowest BCUT2D eigenvalue weighted by Gasteiger charge is -2.51. The summed E-state index contributed by atoms with van der Waals surface area (Å²) in [5.74, 6) is -0.0181. The molecule has 2 aromatic rings. The van der Waals surface area contributed by atoms with Gasteiger partial charge in [-0.3, -0.25) is 9.59 Å². The molecule has 4 rings (SSSR count). The van der Waals surface area contributed by atoms with Crippen molar-refractivity contribution < 1.29 is 14.7 Å².